The summed E-state index contributed by atoms with van der Waals surface area (Å²) in [5.41, 5.74) is 5.63. The van der Waals surface area contributed by atoms with Crippen LogP contribution in [0.1, 0.15) is 27.7 Å². The highest BCUT2D eigenvalue weighted by atomic mass is 127. The Labute approximate surface area is 116 Å². The molecule has 1 aromatic carbocycles. The van der Waals surface area contributed by atoms with Crippen LogP contribution in [0.2, 0.25) is 0 Å². The molecule has 0 aromatic heterocycles. The molecule has 0 saturated heterocycles. The summed E-state index contributed by atoms with van der Waals surface area (Å²) >= 11 is 2.23. The number of halogens is 1. The van der Waals surface area contributed by atoms with E-state index in [2.05, 4.69) is 27.9 Å². The topological polar surface area (TPSA) is 55.1 Å². The molecule has 0 aliphatic rings. The summed E-state index contributed by atoms with van der Waals surface area (Å²) in [4.78, 5) is 12.2. The number of benzene rings is 1. The molecule has 0 heterocycles. The summed E-state index contributed by atoms with van der Waals surface area (Å²) in [5, 5.41) is 2.89. The number of anilines is 1. The lowest BCUT2D eigenvalue weighted by atomic mass is 9.74. The van der Waals surface area contributed by atoms with Crippen LogP contribution < -0.4 is 11.1 Å². The van der Waals surface area contributed by atoms with Crippen LogP contribution in [0.3, 0.4) is 0 Å². The van der Waals surface area contributed by atoms with Crippen LogP contribution in [0.25, 0.3) is 0 Å². The monoisotopic (exact) mass is 346 g/mol. The highest BCUT2D eigenvalue weighted by molar-refractivity contribution is 14.1. The molecule has 0 fully saturated rings. The minimum Gasteiger partial charge on any atom is -0.326 e. The summed E-state index contributed by atoms with van der Waals surface area (Å²) in [6, 6.07) is 7.69. The third-order valence-corrected chi connectivity index (χ3v) is 4.00. The fourth-order valence-electron chi connectivity index (χ4n) is 1.11. The van der Waals surface area contributed by atoms with E-state index in [9.17, 15) is 4.79 Å². The maximum atomic E-state index is 12.2. The fourth-order valence-corrected chi connectivity index (χ4v) is 1.47. The summed E-state index contributed by atoms with van der Waals surface area (Å²) < 4.78 is 1.14. The van der Waals surface area contributed by atoms with Crippen molar-refractivity contribution in [2.75, 3.05) is 5.32 Å². The Kier molecular flexibility index (Phi) is 4.19. The number of carbonyl (C=O) groups is 1. The van der Waals surface area contributed by atoms with Gasteiger partial charge in [0.2, 0.25) is 5.91 Å². The molecule has 0 spiro atoms. The molecule has 4 heteroatoms. The third kappa shape index (κ3) is 3.42. The first-order valence-corrected chi connectivity index (χ1v) is 6.58. The van der Waals surface area contributed by atoms with Gasteiger partial charge in [-0.3, -0.25) is 4.79 Å². The van der Waals surface area contributed by atoms with E-state index in [0.717, 1.165) is 9.26 Å². The van der Waals surface area contributed by atoms with E-state index in [-0.39, 0.29) is 5.91 Å². The third-order valence-electron chi connectivity index (χ3n) is 3.28. The van der Waals surface area contributed by atoms with E-state index in [1.807, 2.05) is 52.0 Å². The lowest BCUT2D eigenvalue weighted by molar-refractivity contribution is -0.126. The molecular formula is C13H19IN2O. The quantitative estimate of drug-likeness (QED) is 0.827. The molecule has 0 atom stereocenters. The molecule has 0 unspecified atom stereocenters. The minimum absolute atomic E-state index is 0.0637. The van der Waals surface area contributed by atoms with Crippen LogP contribution in [-0.2, 0) is 4.79 Å². The van der Waals surface area contributed by atoms with Crippen LogP contribution in [0.15, 0.2) is 24.3 Å². The molecule has 0 bridgehead atoms. The van der Waals surface area contributed by atoms with Crippen LogP contribution in [0.5, 0.6) is 0 Å². The molecule has 0 aliphatic heterocycles. The largest absolute Gasteiger partial charge is 0.326 e. The molecule has 17 heavy (non-hydrogen) atoms. The Balaban J connectivity index is 2.83. The zero-order valence-corrected chi connectivity index (χ0v) is 12.8. The maximum Gasteiger partial charge on any atom is 0.231 e. The van der Waals surface area contributed by atoms with E-state index in [0.29, 0.717) is 0 Å². The van der Waals surface area contributed by atoms with Crippen molar-refractivity contribution < 1.29 is 4.79 Å². The second-order valence-electron chi connectivity index (χ2n) is 5.31. The standard InChI is InChI=1S/C13H19IN2O/c1-12(2,13(3,4)15)11(17)16-10-7-5-9(14)6-8-10/h5-8H,15H2,1-4H3,(H,16,17). The van der Waals surface area contributed by atoms with E-state index < -0.39 is 11.0 Å². The predicted molar refractivity (Wildman–Crippen MR) is 79.8 cm³/mol. The first-order chi connectivity index (χ1) is 7.64. The molecule has 0 aliphatic carbocycles. The number of carbonyl (C=O) groups excluding carboxylic acids is 1. The van der Waals surface area contributed by atoms with E-state index in [4.69, 9.17) is 5.73 Å². The second-order valence-corrected chi connectivity index (χ2v) is 6.55. The summed E-state index contributed by atoms with van der Waals surface area (Å²) in [7, 11) is 0. The Morgan fingerprint density at radius 1 is 1.18 bits per heavy atom. The van der Waals surface area contributed by atoms with Gasteiger partial charge in [0.05, 0.1) is 5.41 Å². The van der Waals surface area contributed by atoms with Crippen molar-refractivity contribution in [3.05, 3.63) is 27.8 Å². The van der Waals surface area contributed by atoms with Gasteiger partial charge in [-0.25, -0.2) is 0 Å². The van der Waals surface area contributed by atoms with E-state index in [1.54, 1.807) is 0 Å². The van der Waals surface area contributed by atoms with Gasteiger partial charge >= 0.3 is 0 Å². The zero-order chi connectivity index (χ0) is 13.3. The number of rotatable bonds is 3. The van der Waals surface area contributed by atoms with Gasteiger partial charge in [0, 0.05) is 14.8 Å². The van der Waals surface area contributed by atoms with Crippen LogP contribution >= 0.6 is 22.6 Å². The van der Waals surface area contributed by atoms with Crippen molar-refractivity contribution in [3.63, 3.8) is 0 Å². The smallest absolute Gasteiger partial charge is 0.231 e. The average Bonchev–Trinajstić information content (AvgIpc) is 2.19. The van der Waals surface area contributed by atoms with Gasteiger partial charge in [0.15, 0.2) is 0 Å². The normalized spacial score (nSPS) is 12.4. The summed E-state index contributed by atoms with van der Waals surface area (Å²) in [6.07, 6.45) is 0. The predicted octanol–water partition coefficient (Wildman–Crippen LogP) is 2.99. The van der Waals surface area contributed by atoms with E-state index in [1.165, 1.54) is 0 Å². The number of nitrogens with one attached hydrogen (secondary N) is 1. The summed E-state index contributed by atoms with van der Waals surface area (Å²) in [6.45, 7) is 7.44. The van der Waals surface area contributed by atoms with Crippen LogP contribution in [-0.4, -0.2) is 11.4 Å². The molecule has 1 rings (SSSR count). The van der Waals surface area contributed by atoms with Crippen molar-refractivity contribution in [2.24, 2.45) is 11.1 Å². The molecule has 1 aromatic rings. The molecule has 3 N–H and O–H groups in total. The van der Waals surface area contributed by atoms with E-state index >= 15 is 0 Å². The lowest BCUT2D eigenvalue weighted by Gasteiger charge is -2.36. The Hall–Kier alpha value is -0.620. The molecule has 3 nitrogen and oxygen atoms in total. The minimum atomic E-state index is -0.629. The number of hydrogen-bond acceptors (Lipinski definition) is 2. The van der Waals surface area contributed by atoms with Gasteiger partial charge in [-0.2, -0.15) is 0 Å². The zero-order valence-electron chi connectivity index (χ0n) is 10.7. The SMILES string of the molecule is CC(C)(N)C(C)(C)C(=O)Nc1ccc(I)cc1. The number of nitrogens with two attached hydrogens (primary N) is 1. The van der Waals surface area contributed by atoms with Crippen molar-refractivity contribution >= 4 is 34.2 Å². The van der Waals surface area contributed by atoms with Crippen molar-refractivity contribution in [1.29, 1.82) is 0 Å². The second kappa shape index (κ2) is 4.94. The fraction of sp³-hybridized carbons (Fsp3) is 0.462. The Morgan fingerprint density at radius 2 is 1.65 bits per heavy atom. The number of hydrogen-bond donors (Lipinski definition) is 2. The van der Waals surface area contributed by atoms with Gasteiger partial charge in [0.25, 0.3) is 0 Å². The van der Waals surface area contributed by atoms with Crippen molar-refractivity contribution in [1.82, 2.24) is 0 Å². The van der Waals surface area contributed by atoms with Crippen molar-refractivity contribution in [2.45, 2.75) is 33.2 Å². The Morgan fingerprint density at radius 3 is 2.06 bits per heavy atom. The highest BCUT2D eigenvalue weighted by Crippen LogP contribution is 2.29. The van der Waals surface area contributed by atoms with Gasteiger partial charge in [-0.1, -0.05) is 0 Å². The maximum absolute atomic E-state index is 12.2. The molecular weight excluding hydrogens is 327 g/mol. The molecule has 0 radical (unpaired) electrons. The Bertz CT molecular complexity index is 404. The van der Waals surface area contributed by atoms with Gasteiger partial charge in [0.1, 0.15) is 0 Å². The molecule has 1 amide bonds. The van der Waals surface area contributed by atoms with Gasteiger partial charge < -0.3 is 11.1 Å². The van der Waals surface area contributed by atoms with Gasteiger partial charge in [-0.05, 0) is 74.6 Å². The first-order valence-electron chi connectivity index (χ1n) is 5.50. The number of amides is 1. The first kappa shape index (κ1) is 14.4. The summed E-state index contributed by atoms with van der Waals surface area (Å²) in [5.74, 6) is -0.0637. The van der Waals surface area contributed by atoms with Crippen LogP contribution in [0.4, 0.5) is 5.69 Å². The average molecular weight is 346 g/mol. The van der Waals surface area contributed by atoms with Crippen LogP contribution in [0, 0.1) is 8.99 Å². The molecule has 0 saturated carbocycles. The van der Waals surface area contributed by atoms with Gasteiger partial charge in [-0.15, -0.1) is 0 Å². The van der Waals surface area contributed by atoms with Crippen molar-refractivity contribution in [3.8, 4) is 0 Å². The molecule has 94 valence electrons. The highest BCUT2D eigenvalue weighted by Gasteiger charge is 2.40. The lowest BCUT2D eigenvalue weighted by Crippen LogP contribution is -2.53.